The molecule has 11 heteroatoms. The van der Waals surface area contributed by atoms with Crippen LogP contribution in [0.2, 0.25) is 25.7 Å². The fourth-order valence-electron chi connectivity index (χ4n) is 4.51. The molecule has 0 atom stereocenters. The second-order valence-electron chi connectivity index (χ2n) is 12.2. The lowest BCUT2D eigenvalue weighted by Gasteiger charge is -2.37. The number of urea groups is 1. The highest BCUT2D eigenvalue weighted by Gasteiger charge is 2.33. The van der Waals surface area contributed by atoms with E-state index in [1.165, 1.54) is 0 Å². The first-order valence-corrected chi connectivity index (χ1v) is 17.1. The molecule has 1 saturated carbocycles. The summed E-state index contributed by atoms with van der Waals surface area (Å²) in [4.78, 5) is 16.8. The van der Waals surface area contributed by atoms with Gasteiger partial charge in [-0.2, -0.15) is 0 Å². The highest BCUT2D eigenvalue weighted by atomic mass is 28.3. The lowest BCUT2D eigenvalue weighted by atomic mass is 9.89. The van der Waals surface area contributed by atoms with Crippen LogP contribution >= 0.6 is 0 Å². The van der Waals surface area contributed by atoms with Gasteiger partial charge in [0.25, 0.3) is 0 Å². The summed E-state index contributed by atoms with van der Waals surface area (Å²) in [7, 11) is -1.21. The van der Waals surface area contributed by atoms with Crippen molar-refractivity contribution in [2.24, 2.45) is 5.41 Å². The Morgan fingerprint density at radius 2 is 1.95 bits per heavy atom. The van der Waals surface area contributed by atoms with E-state index in [1.54, 1.807) is 12.3 Å². The van der Waals surface area contributed by atoms with Crippen LogP contribution in [0.5, 0.6) is 11.5 Å². The highest BCUT2D eigenvalue weighted by molar-refractivity contribution is 6.76. The number of rotatable bonds is 11. The summed E-state index contributed by atoms with van der Waals surface area (Å²) in [5.41, 5.74) is 1.57. The smallest absolute Gasteiger partial charge is 0.319 e. The van der Waals surface area contributed by atoms with Gasteiger partial charge in [0, 0.05) is 56.9 Å². The van der Waals surface area contributed by atoms with Gasteiger partial charge in [0.15, 0.2) is 17.4 Å². The molecule has 1 aliphatic carbocycles. The lowest BCUT2D eigenvalue weighted by Crippen LogP contribution is -2.49. The quantitative estimate of drug-likeness (QED) is 0.209. The van der Waals surface area contributed by atoms with Gasteiger partial charge in [0.2, 0.25) is 0 Å². The van der Waals surface area contributed by atoms with E-state index < -0.39 is 31.5 Å². The summed E-state index contributed by atoms with van der Waals surface area (Å²) < 4.78 is 49.1. The van der Waals surface area contributed by atoms with E-state index in [0.29, 0.717) is 50.4 Å². The maximum absolute atomic E-state index is 15.1. The van der Waals surface area contributed by atoms with Crippen LogP contribution in [0.15, 0.2) is 30.6 Å². The molecule has 39 heavy (non-hydrogen) atoms. The van der Waals surface area contributed by atoms with Crippen molar-refractivity contribution in [2.45, 2.75) is 58.1 Å². The van der Waals surface area contributed by atoms with Crippen LogP contribution in [0.1, 0.15) is 31.2 Å². The molecule has 0 unspecified atom stereocenters. The van der Waals surface area contributed by atoms with Gasteiger partial charge in [-0.1, -0.05) is 26.6 Å². The number of anilines is 1. The van der Waals surface area contributed by atoms with Crippen molar-refractivity contribution in [1.29, 1.82) is 0 Å². The summed E-state index contributed by atoms with van der Waals surface area (Å²) in [6.45, 7) is 11.4. The minimum absolute atomic E-state index is 0.00923. The first-order chi connectivity index (χ1) is 18.5. The molecule has 5 rings (SSSR count). The van der Waals surface area contributed by atoms with E-state index >= 15 is 8.78 Å². The predicted molar refractivity (Wildman–Crippen MR) is 148 cm³/mol. The third-order valence-corrected chi connectivity index (χ3v) is 8.74. The summed E-state index contributed by atoms with van der Waals surface area (Å²) in [6.07, 6.45) is 5.67. The Balaban J connectivity index is 1.33. The van der Waals surface area contributed by atoms with Gasteiger partial charge in [0.1, 0.15) is 18.1 Å². The van der Waals surface area contributed by atoms with Gasteiger partial charge < -0.3 is 29.4 Å². The van der Waals surface area contributed by atoms with Gasteiger partial charge in [-0.05, 0) is 36.4 Å². The molecule has 1 saturated heterocycles. The van der Waals surface area contributed by atoms with E-state index in [4.69, 9.17) is 14.2 Å². The second-order valence-corrected chi connectivity index (χ2v) is 17.8. The van der Waals surface area contributed by atoms with Crippen molar-refractivity contribution in [3.05, 3.63) is 47.8 Å². The lowest BCUT2D eigenvalue weighted by molar-refractivity contribution is -0.0974. The molecule has 8 nitrogen and oxygen atoms in total. The molecule has 2 N–H and O–H groups in total. The number of aromatic nitrogens is 2. The molecule has 0 bridgehead atoms. The summed E-state index contributed by atoms with van der Waals surface area (Å²) in [6, 6.07) is 4.22. The number of carbonyl (C=O) groups excluding carboxylic acids is 1. The van der Waals surface area contributed by atoms with Crippen LogP contribution in [-0.4, -0.2) is 50.0 Å². The Bertz CT molecular complexity index is 1340. The zero-order valence-corrected chi connectivity index (χ0v) is 23.9. The van der Waals surface area contributed by atoms with Gasteiger partial charge in [-0.3, -0.25) is 0 Å². The molecule has 2 amide bonds. The Hall–Kier alpha value is -3.02. The third kappa shape index (κ3) is 6.59. The predicted octanol–water partition coefficient (Wildman–Crippen LogP) is 6.45. The molecule has 0 radical (unpaired) electrons. The summed E-state index contributed by atoms with van der Waals surface area (Å²) in [5, 5.41) is 5.94. The van der Waals surface area contributed by atoms with Crippen LogP contribution in [0, 0.1) is 17.0 Å². The monoisotopic (exact) mass is 558 g/mol. The SMILES string of the molecule is CC1(CNC(=O)Nc2cc(F)c(Oc3ccnc4c3c(C3CC3)cn4COCC[Si](C)(C)C)c(F)c2)COC1. The normalized spacial score (nSPS) is 16.7. The second kappa shape index (κ2) is 10.9. The average Bonchev–Trinajstić information content (AvgIpc) is 3.62. The molecule has 210 valence electrons. The van der Waals surface area contributed by atoms with E-state index in [1.807, 2.05) is 17.7 Å². The Labute approximate surface area is 228 Å². The molecule has 3 heterocycles. The molecule has 2 fully saturated rings. The summed E-state index contributed by atoms with van der Waals surface area (Å²) >= 11 is 0. The number of nitrogens with zero attached hydrogens (tertiary/aromatic N) is 2. The van der Waals surface area contributed by atoms with Crippen molar-refractivity contribution >= 4 is 30.8 Å². The zero-order valence-electron chi connectivity index (χ0n) is 22.9. The maximum Gasteiger partial charge on any atom is 0.319 e. The topological polar surface area (TPSA) is 86.6 Å². The van der Waals surface area contributed by atoms with Crippen LogP contribution in [0.3, 0.4) is 0 Å². The fourth-order valence-corrected chi connectivity index (χ4v) is 5.26. The molecule has 0 spiro atoms. The molecular formula is C28H36F2N4O4Si. The van der Waals surface area contributed by atoms with Crippen molar-refractivity contribution < 1.29 is 27.8 Å². The van der Waals surface area contributed by atoms with E-state index in [9.17, 15) is 4.79 Å². The van der Waals surface area contributed by atoms with Crippen molar-refractivity contribution in [3.8, 4) is 11.5 Å². The molecule has 2 aromatic heterocycles. The Morgan fingerprint density at radius 1 is 1.23 bits per heavy atom. The van der Waals surface area contributed by atoms with Crippen molar-refractivity contribution in [1.82, 2.24) is 14.9 Å². The standard InChI is InChI=1S/C28H36F2N4O4Si/c1-28(15-37-16-28)14-32-27(35)33-19-11-21(29)25(22(30)12-19)38-23-7-8-31-26-24(23)20(18-5-6-18)13-34(26)17-36-9-10-39(2,3)4/h7-8,11-13,18H,5-6,9-10,14-17H2,1-4H3,(H2,32,33,35). The van der Waals surface area contributed by atoms with Crippen molar-refractivity contribution in [3.63, 3.8) is 0 Å². The first-order valence-electron chi connectivity index (χ1n) is 13.4. The van der Waals surface area contributed by atoms with E-state index in [-0.39, 0.29) is 11.1 Å². The number of halogens is 2. The number of hydrogen-bond acceptors (Lipinski definition) is 5. The molecule has 1 aliphatic heterocycles. The Morgan fingerprint density at radius 3 is 2.56 bits per heavy atom. The fraction of sp³-hybridized carbons (Fsp3) is 0.500. The Kier molecular flexibility index (Phi) is 7.67. The van der Waals surface area contributed by atoms with Crippen LogP contribution < -0.4 is 15.4 Å². The first kappa shape index (κ1) is 27.5. The van der Waals surface area contributed by atoms with Crippen molar-refractivity contribution in [2.75, 3.05) is 31.7 Å². The number of ether oxygens (including phenoxy) is 3. The van der Waals surface area contributed by atoms with E-state index in [2.05, 4.69) is 35.3 Å². The van der Waals surface area contributed by atoms with Gasteiger partial charge >= 0.3 is 6.03 Å². The highest BCUT2D eigenvalue weighted by Crippen LogP contribution is 2.47. The molecular weight excluding hydrogens is 522 g/mol. The summed E-state index contributed by atoms with van der Waals surface area (Å²) in [5.74, 6) is -1.69. The number of carbonyl (C=O) groups is 1. The molecule has 2 aliphatic rings. The molecule has 3 aromatic rings. The molecule has 1 aromatic carbocycles. The van der Waals surface area contributed by atoms with Crippen LogP contribution in [0.25, 0.3) is 11.0 Å². The third-order valence-electron chi connectivity index (χ3n) is 7.04. The number of amides is 2. The number of fused-ring (bicyclic) bond motifs is 1. The van der Waals surface area contributed by atoms with Crippen LogP contribution in [-0.2, 0) is 16.2 Å². The van der Waals surface area contributed by atoms with E-state index in [0.717, 1.165) is 42.0 Å². The number of pyridine rings is 1. The number of hydrogen-bond donors (Lipinski definition) is 2. The minimum atomic E-state index is -1.21. The zero-order chi connectivity index (χ0) is 27.8. The van der Waals surface area contributed by atoms with Crippen LogP contribution in [0.4, 0.5) is 19.3 Å². The minimum Gasteiger partial charge on any atom is -0.450 e. The number of nitrogens with one attached hydrogen (secondary N) is 2. The number of benzene rings is 1. The largest absolute Gasteiger partial charge is 0.450 e. The maximum atomic E-state index is 15.1. The average molecular weight is 559 g/mol. The van der Waals surface area contributed by atoms with Gasteiger partial charge in [0.05, 0.1) is 18.6 Å². The van der Waals surface area contributed by atoms with Gasteiger partial charge in [-0.25, -0.2) is 18.6 Å². The van der Waals surface area contributed by atoms with Gasteiger partial charge in [-0.15, -0.1) is 0 Å².